The van der Waals surface area contributed by atoms with Crippen LogP contribution in [0.4, 0.5) is 13.6 Å². The van der Waals surface area contributed by atoms with Gasteiger partial charge in [-0.05, 0) is 51.7 Å². The number of amides is 2. The average Bonchev–Trinajstić information content (AvgIpc) is 3.42. The van der Waals surface area contributed by atoms with Gasteiger partial charge in [0, 0.05) is 31.6 Å². The number of piperazine rings is 1. The number of hydrogen-bond acceptors (Lipinski definition) is 11. The van der Waals surface area contributed by atoms with Crippen LogP contribution in [0, 0.1) is 11.6 Å². The van der Waals surface area contributed by atoms with E-state index in [0.717, 1.165) is 28.9 Å². The average molecular weight is 652 g/mol. The molecular formula is C29H35F2N5O10. The zero-order valence-corrected chi connectivity index (χ0v) is 25.3. The number of aromatic nitrogens is 2. The van der Waals surface area contributed by atoms with Gasteiger partial charge in [0.15, 0.2) is 5.69 Å². The van der Waals surface area contributed by atoms with Crippen LogP contribution in [0.1, 0.15) is 56.4 Å². The van der Waals surface area contributed by atoms with Crippen LogP contribution >= 0.6 is 0 Å². The molecule has 1 atom stereocenters. The molecule has 1 saturated carbocycles. The van der Waals surface area contributed by atoms with Crippen molar-refractivity contribution < 1.29 is 56.9 Å². The number of nitrogens with zero attached hydrogens (tertiary/aromatic N) is 4. The van der Waals surface area contributed by atoms with E-state index in [4.69, 9.17) is 19.0 Å². The van der Waals surface area contributed by atoms with E-state index in [-0.39, 0.29) is 70.2 Å². The molecule has 2 N–H and O–H groups in total. The van der Waals surface area contributed by atoms with Gasteiger partial charge < -0.3 is 34.4 Å². The van der Waals surface area contributed by atoms with E-state index in [2.05, 4.69) is 10.4 Å². The molecule has 1 aliphatic heterocycles. The lowest BCUT2D eigenvalue weighted by Crippen LogP contribution is -2.55. The molecule has 2 fully saturated rings. The second-order valence-electron chi connectivity index (χ2n) is 10.5. The maximum Gasteiger partial charge on any atom is 0.527 e. The van der Waals surface area contributed by atoms with E-state index in [0.29, 0.717) is 6.42 Å². The minimum absolute atomic E-state index is 0.0780. The van der Waals surface area contributed by atoms with E-state index < -0.39 is 65.3 Å². The SMILES string of the molecule is CCOC(=O)ON1CCN(C(=O)[C@H](CCC(=O)O)NC(=O)c2cc(OC3(C(=O)OCC)CCC3)n(-c3cc(F)ccc3F)n2)CC1. The van der Waals surface area contributed by atoms with Crippen molar-refractivity contribution in [2.45, 2.75) is 57.6 Å². The Morgan fingerprint density at radius 3 is 2.33 bits per heavy atom. The van der Waals surface area contributed by atoms with E-state index >= 15 is 0 Å². The molecule has 0 unspecified atom stereocenters. The van der Waals surface area contributed by atoms with Gasteiger partial charge in [-0.15, -0.1) is 5.06 Å². The highest BCUT2D eigenvalue weighted by Crippen LogP contribution is 2.39. The molecule has 2 aromatic rings. The first-order valence-electron chi connectivity index (χ1n) is 14.8. The Bertz CT molecular complexity index is 1460. The molecular weight excluding hydrogens is 616 g/mol. The highest BCUT2D eigenvalue weighted by molar-refractivity contribution is 5.96. The van der Waals surface area contributed by atoms with Crippen molar-refractivity contribution in [1.29, 1.82) is 0 Å². The second-order valence-corrected chi connectivity index (χ2v) is 10.5. The molecule has 2 amide bonds. The first kappa shape index (κ1) is 34.1. The molecule has 2 heterocycles. The standard InChI is InChI=1S/C29H35F2N5O10/c1-3-43-27(41)29(10-5-11-29)45-23-17-21(33-36(23)22-16-18(30)6-7-19(22)31)25(39)32-20(8-9-24(37)38)26(40)34-12-14-35(15-13-34)46-28(42)44-4-2/h6-7,16-17,20H,3-5,8-15H2,1-2H3,(H,32,39)(H,37,38)/t20-/m0/s1. The number of ether oxygens (including phenoxy) is 3. The fraction of sp³-hybridized carbons (Fsp3) is 0.517. The lowest BCUT2D eigenvalue weighted by Gasteiger charge is -2.38. The molecule has 0 spiro atoms. The summed E-state index contributed by atoms with van der Waals surface area (Å²) in [5, 5.41) is 17.2. The maximum atomic E-state index is 14.9. The van der Waals surface area contributed by atoms with Crippen molar-refractivity contribution >= 4 is 29.9 Å². The number of benzene rings is 1. The molecule has 4 rings (SSSR count). The van der Waals surface area contributed by atoms with Gasteiger partial charge in [-0.25, -0.2) is 18.4 Å². The largest absolute Gasteiger partial charge is 0.527 e. The van der Waals surface area contributed by atoms with Gasteiger partial charge in [0.25, 0.3) is 5.91 Å². The third-order valence-corrected chi connectivity index (χ3v) is 7.42. The van der Waals surface area contributed by atoms with Crippen LogP contribution < -0.4 is 10.1 Å². The van der Waals surface area contributed by atoms with Crippen LogP contribution in [-0.4, -0.2) is 106 Å². The van der Waals surface area contributed by atoms with Gasteiger partial charge in [-0.1, -0.05) is 0 Å². The molecule has 2 aliphatic rings. The molecule has 1 aromatic heterocycles. The van der Waals surface area contributed by atoms with Gasteiger partial charge in [0.1, 0.15) is 23.4 Å². The van der Waals surface area contributed by atoms with Gasteiger partial charge >= 0.3 is 18.1 Å². The number of carboxylic acid groups (broad SMARTS) is 1. The van der Waals surface area contributed by atoms with Crippen LogP contribution in [0.3, 0.4) is 0 Å². The van der Waals surface area contributed by atoms with Crippen molar-refractivity contribution in [3.8, 4) is 11.6 Å². The number of carbonyl (C=O) groups excluding carboxylic acids is 4. The monoisotopic (exact) mass is 651 g/mol. The quantitative estimate of drug-likeness (QED) is 0.302. The summed E-state index contributed by atoms with van der Waals surface area (Å²) < 4.78 is 45.8. The Kier molecular flexibility index (Phi) is 11.1. The summed E-state index contributed by atoms with van der Waals surface area (Å²) in [7, 11) is 0. The number of carbonyl (C=O) groups is 5. The van der Waals surface area contributed by atoms with Gasteiger partial charge in [0.2, 0.25) is 17.4 Å². The number of halogens is 2. The maximum absolute atomic E-state index is 14.9. The number of hydroxylamine groups is 2. The summed E-state index contributed by atoms with van der Waals surface area (Å²) in [4.78, 5) is 69.0. The number of nitrogens with one attached hydrogen (secondary N) is 1. The lowest BCUT2D eigenvalue weighted by molar-refractivity contribution is -0.170. The zero-order chi connectivity index (χ0) is 33.4. The number of hydrogen-bond donors (Lipinski definition) is 2. The summed E-state index contributed by atoms with van der Waals surface area (Å²) in [5.41, 5.74) is -2.21. The smallest absolute Gasteiger partial charge is 0.481 e. The summed E-state index contributed by atoms with van der Waals surface area (Å²) in [5.74, 6) is -5.35. The number of carboxylic acids is 1. The van der Waals surface area contributed by atoms with E-state index in [9.17, 15) is 37.9 Å². The lowest BCUT2D eigenvalue weighted by atomic mass is 9.80. The first-order valence-corrected chi connectivity index (χ1v) is 14.8. The van der Waals surface area contributed by atoms with Gasteiger partial charge in [0.05, 0.1) is 26.3 Å². The van der Waals surface area contributed by atoms with Crippen LogP contribution in [0.15, 0.2) is 24.3 Å². The first-order chi connectivity index (χ1) is 22.0. The summed E-state index contributed by atoms with van der Waals surface area (Å²) in [6.45, 7) is 3.91. The molecule has 1 aliphatic carbocycles. The van der Waals surface area contributed by atoms with E-state index in [1.165, 1.54) is 9.96 Å². The highest BCUT2D eigenvalue weighted by atomic mass is 19.1. The van der Waals surface area contributed by atoms with Crippen LogP contribution in [0.5, 0.6) is 5.88 Å². The van der Waals surface area contributed by atoms with Crippen molar-refractivity contribution in [3.05, 3.63) is 41.6 Å². The van der Waals surface area contributed by atoms with Crippen LogP contribution in [0.25, 0.3) is 5.69 Å². The third-order valence-electron chi connectivity index (χ3n) is 7.42. The predicted molar refractivity (Wildman–Crippen MR) is 152 cm³/mol. The minimum atomic E-state index is -1.43. The summed E-state index contributed by atoms with van der Waals surface area (Å²) >= 11 is 0. The summed E-state index contributed by atoms with van der Waals surface area (Å²) in [6.07, 6.45) is -0.441. The molecule has 1 saturated heterocycles. The van der Waals surface area contributed by atoms with Crippen molar-refractivity contribution in [2.24, 2.45) is 0 Å². The van der Waals surface area contributed by atoms with Crippen molar-refractivity contribution in [3.63, 3.8) is 0 Å². The number of aliphatic carboxylic acids is 1. The molecule has 0 bridgehead atoms. The summed E-state index contributed by atoms with van der Waals surface area (Å²) in [6, 6.07) is 2.39. The van der Waals surface area contributed by atoms with Gasteiger partial charge in [-0.3, -0.25) is 14.4 Å². The molecule has 250 valence electrons. The zero-order valence-electron chi connectivity index (χ0n) is 25.3. The van der Waals surface area contributed by atoms with Gasteiger partial charge in [-0.2, -0.15) is 9.78 Å². The topological polar surface area (TPSA) is 179 Å². The Morgan fingerprint density at radius 2 is 1.72 bits per heavy atom. The van der Waals surface area contributed by atoms with Crippen molar-refractivity contribution in [2.75, 3.05) is 39.4 Å². The van der Waals surface area contributed by atoms with Crippen LogP contribution in [-0.2, 0) is 28.7 Å². The molecule has 1 aromatic carbocycles. The predicted octanol–water partition coefficient (Wildman–Crippen LogP) is 2.21. The normalized spacial score (nSPS) is 16.5. The Labute approximate surface area is 262 Å². The highest BCUT2D eigenvalue weighted by Gasteiger charge is 2.49. The van der Waals surface area contributed by atoms with Crippen LogP contribution in [0.2, 0.25) is 0 Å². The Morgan fingerprint density at radius 1 is 1.02 bits per heavy atom. The Balaban J connectivity index is 1.57. The van der Waals surface area contributed by atoms with E-state index in [1.54, 1.807) is 13.8 Å². The second kappa shape index (κ2) is 15.0. The Hall–Kier alpha value is -4.80. The number of rotatable bonds is 13. The number of esters is 1. The third kappa shape index (κ3) is 8.07. The molecule has 46 heavy (non-hydrogen) atoms. The molecule has 17 heteroatoms. The minimum Gasteiger partial charge on any atom is -0.481 e. The fourth-order valence-corrected chi connectivity index (χ4v) is 4.90. The van der Waals surface area contributed by atoms with E-state index in [1.807, 2.05) is 0 Å². The molecule has 15 nitrogen and oxygen atoms in total. The van der Waals surface area contributed by atoms with Crippen molar-refractivity contribution in [1.82, 2.24) is 25.1 Å². The fourth-order valence-electron chi connectivity index (χ4n) is 4.90. The molecule has 0 radical (unpaired) electrons.